The van der Waals surface area contributed by atoms with E-state index in [1.807, 2.05) is 19.2 Å². The summed E-state index contributed by atoms with van der Waals surface area (Å²) >= 11 is 1.59. The van der Waals surface area contributed by atoms with Crippen LogP contribution in [0.25, 0.3) is 0 Å². The maximum atomic E-state index is 13.1. The molecule has 1 aromatic heterocycles. The fraction of sp³-hybridized carbons (Fsp3) is 0.500. The van der Waals surface area contributed by atoms with E-state index < -0.39 is 10.0 Å². The van der Waals surface area contributed by atoms with Crippen molar-refractivity contribution in [3.05, 3.63) is 45.9 Å². The number of hydrogen-bond donors (Lipinski definition) is 0. The summed E-state index contributed by atoms with van der Waals surface area (Å²) < 4.78 is 27.7. The molecule has 2 aromatic rings. The molecule has 0 bridgehead atoms. The molecular formula is C20H27N3O3S2. The van der Waals surface area contributed by atoms with Crippen molar-refractivity contribution in [3.63, 3.8) is 0 Å². The minimum Gasteiger partial charge on any atom is -0.336 e. The number of piperidine rings is 1. The van der Waals surface area contributed by atoms with Crippen LogP contribution < -0.4 is 0 Å². The Kier molecular flexibility index (Phi) is 6.52. The predicted molar refractivity (Wildman–Crippen MR) is 111 cm³/mol. The Labute approximate surface area is 171 Å². The number of carbonyl (C=O) groups excluding carboxylic acids is 1. The van der Waals surface area contributed by atoms with Crippen molar-refractivity contribution in [3.8, 4) is 0 Å². The summed E-state index contributed by atoms with van der Waals surface area (Å²) in [7, 11) is -1.89. The van der Waals surface area contributed by atoms with Gasteiger partial charge in [0.1, 0.15) is 0 Å². The minimum atomic E-state index is -3.60. The normalized spacial score (nSPS) is 18.2. The van der Waals surface area contributed by atoms with E-state index in [4.69, 9.17) is 0 Å². The lowest BCUT2D eigenvalue weighted by atomic mass is 10.1. The van der Waals surface area contributed by atoms with Crippen LogP contribution >= 0.6 is 11.3 Å². The summed E-state index contributed by atoms with van der Waals surface area (Å²) in [5.74, 6) is -0.213. The number of benzene rings is 1. The van der Waals surface area contributed by atoms with Gasteiger partial charge in [-0.05, 0) is 44.4 Å². The summed E-state index contributed by atoms with van der Waals surface area (Å²) in [4.78, 5) is 19.1. The van der Waals surface area contributed by atoms with Crippen LogP contribution in [0.5, 0.6) is 0 Å². The zero-order chi connectivity index (χ0) is 20.3. The molecule has 28 heavy (non-hydrogen) atoms. The second kappa shape index (κ2) is 8.71. The summed E-state index contributed by atoms with van der Waals surface area (Å²) in [5.41, 5.74) is 1.22. The topological polar surface area (TPSA) is 70.6 Å². The highest BCUT2D eigenvalue weighted by Crippen LogP contribution is 2.26. The smallest absolute Gasteiger partial charge is 0.253 e. The Morgan fingerprint density at radius 3 is 2.82 bits per heavy atom. The molecule has 1 aliphatic heterocycles. The van der Waals surface area contributed by atoms with Crippen molar-refractivity contribution < 1.29 is 13.2 Å². The van der Waals surface area contributed by atoms with E-state index in [1.165, 1.54) is 6.07 Å². The Balaban J connectivity index is 1.78. The zero-order valence-corrected chi connectivity index (χ0v) is 18.2. The molecule has 6 nitrogen and oxygen atoms in total. The lowest BCUT2D eigenvalue weighted by molar-refractivity contribution is 0.0783. The van der Waals surface area contributed by atoms with Gasteiger partial charge in [0.15, 0.2) is 0 Å². The molecule has 1 saturated heterocycles. The van der Waals surface area contributed by atoms with Crippen LogP contribution in [0.3, 0.4) is 0 Å². The fourth-order valence-electron chi connectivity index (χ4n) is 3.47. The molecule has 0 saturated carbocycles. The summed E-state index contributed by atoms with van der Waals surface area (Å²) in [5, 5.41) is 3.00. The van der Waals surface area contributed by atoms with Gasteiger partial charge in [0.05, 0.1) is 22.1 Å². The molecule has 1 unspecified atom stereocenters. The van der Waals surface area contributed by atoms with Gasteiger partial charge in [-0.1, -0.05) is 19.4 Å². The van der Waals surface area contributed by atoms with Gasteiger partial charge < -0.3 is 4.90 Å². The number of amides is 1. The molecule has 1 fully saturated rings. The summed E-state index contributed by atoms with van der Waals surface area (Å²) in [6.07, 6.45) is 3.66. The first-order chi connectivity index (χ1) is 13.3. The van der Waals surface area contributed by atoms with Gasteiger partial charge in [-0.2, -0.15) is 4.31 Å². The van der Waals surface area contributed by atoms with E-state index in [2.05, 4.69) is 4.98 Å². The zero-order valence-electron chi connectivity index (χ0n) is 16.6. The Bertz CT molecular complexity index is 940. The van der Waals surface area contributed by atoms with Gasteiger partial charge in [-0.15, -0.1) is 11.3 Å². The SMILES string of the molecule is CCc1nc(CN(C)C(=O)c2cccc(S(=O)(=O)N3CCCCC3C)c2)cs1. The third-order valence-electron chi connectivity index (χ3n) is 5.08. The van der Waals surface area contributed by atoms with Crippen LogP contribution in [0.2, 0.25) is 0 Å². The van der Waals surface area contributed by atoms with Gasteiger partial charge in [0.2, 0.25) is 10.0 Å². The van der Waals surface area contributed by atoms with Gasteiger partial charge in [0.25, 0.3) is 5.91 Å². The van der Waals surface area contributed by atoms with Crippen LogP contribution in [-0.2, 0) is 23.0 Å². The van der Waals surface area contributed by atoms with E-state index in [-0.39, 0.29) is 16.8 Å². The van der Waals surface area contributed by atoms with Crippen molar-refractivity contribution in [2.24, 2.45) is 0 Å². The van der Waals surface area contributed by atoms with Crippen LogP contribution in [0.15, 0.2) is 34.5 Å². The second-order valence-electron chi connectivity index (χ2n) is 7.24. The first-order valence-corrected chi connectivity index (χ1v) is 12.0. The van der Waals surface area contributed by atoms with Gasteiger partial charge >= 0.3 is 0 Å². The number of sulfonamides is 1. The molecule has 0 spiro atoms. The first kappa shape index (κ1) is 21.0. The molecule has 0 radical (unpaired) electrons. The van der Waals surface area contributed by atoms with E-state index in [9.17, 15) is 13.2 Å². The molecule has 1 atom stereocenters. The fourth-order valence-corrected chi connectivity index (χ4v) is 5.95. The number of aryl methyl sites for hydroxylation is 1. The van der Waals surface area contributed by atoms with Crippen LogP contribution in [-0.4, -0.2) is 48.1 Å². The Morgan fingerprint density at radius 2 is 2.14 bits per heavy atom. The third kappa shape index (κ3) is 4.45. The minimum absolute atomic E-state index is 0.0155. The second-order valence-corrected chi connectivity index (χ2v) is 10.1. The highest BCUT2D eigenvalue weighted by Gasteiger charge is 2.31. The Morgan fingerprint density at radius 1 is 1.36 bits per heavy atom. The quantitative estimate of drug-likeness (QED) is 0.715. The number of aromatic nitrogens is 1. The number of nitrogens with zero attached hydrogens (tertiary/aromatic N) is 3. The summed E-state index contributed by atoms with van der Waals surface area (Å²) in [6, 6.07) is 6.35. The lowest BCUT2D eigenvalue weighted by Crippen LogP contribution is -2.42. The number of thiazole rings is 1. The van der Waals surface area contributed by atoms with Crippen molar-refractivity contribution in [2.45, 2.75) is 57.0 Å². The average Bonchev–Trinajstić information content (AvgIpc) is 3.15. The van der Waals surface area contributed by atoms with Crippen LogP contribution in [0.4, 0.5) is 0 Å². The van der Waals surface area contributed by atoms with Crippen molar-refractivity contribution >= 4 is 27.3 Å². The van der Waals surface area contributed by atoms with E-state index in [0.717, 1.165) is 36.4 Å². The van der Waals surface area contributed by atoms with Crippen molar-refractivity contribution in [1.29, 1.82) is 0 Å². The van der Waals surface area contributed by atoms with E-state index in [0.29, 0.717) is 18.7 Å². The summed E-state index contributed by atoms with van der Waals surface area (Å²) in [6.45, 7) is 4.92. The third-order valence-corrected chi connectivity index (χ3v) is 8.13. The van der Waals surface area contributed by atoms with Crippen molar-refractivity contribution in [2.75, 3.05) is 13.6 Å². The van der Waals surface area contributed by atoms with Gasteiger partial charge in [-0.25, -0.2) is 13.4 Å². The van der Waals surface area contributed by atoms with Crippen molar-refractivity contribution in [1.82, 2.24) is 14.2 Å². The largest absolute Gasteiger partial charge is 0.336 e. The molecule has 1 amide bonds. The van der Waals surface area contributed by atoms with E-state index in [1.54, 1.807) is 45.8 Å². The molecule has 1 aromatic carbocycles. The van der Waals surface area contributed by atoms with Gasteiger partial charge in [-0.3, -0.25) is 4.79 Å². The van der Waals surface area contributed by atoms with Gasteiger partial charge in [0, 0.05) is 30.6 Å². The monoisotopic (exact) mass is 421 g/mol. The Hall–Kier alpha value is -1.77. The van der Waals surface area contributed by atoms with Crippen LogP contribution in [0.1, 0.15) is 54.2 Å². The first-order valence-electron chi connectivity index (χ1n) is 9.63. The molecule has 0 aliphatic carbocycles. The highest BCUT2D eigenvalue weighted by atomic mass is 32.2. The molecule has 8 heteroatoms. The highest BCUT2D eigenvalue weighted by molar-refractivity contribution is 7.89. The standard InChI is InChI=1S/C20H27N3O3S2/c1-4-19-21-17(14-27-19)13-22(3)20(24)16-9-7-10-18(12-16)28(25,26)23-11-6-5-8-15(23)2/h7,9-10,12,14-15H,4-6,8,11,13H2,1-3H3. The molecule has 1 aliphatic rings. The maximum Gasteiger partial charge on any atom is 0.253 e. The number of hydrogen-bond acceptors (Lipinski definition) is 5. The maximum absolute atomic E-state index is 13.1. The molecule has 3 rings (SSSR count). The number of carbonyl (C=O) groups is 1. The number of rotatable bonds is 6. The predicted octanol–water partition coefficient (Wildman–Crippen LogP) is 3.54. The average molecular weight is 422 g/mol. The van der Waals surface area contributed by atoms with Crippen LogP contribution in [0, 0.1) is 0 Å². The molecular weight excluding hydrogens is 394 g/mol. The lowest BCUT2D eigenvalue weighted by Gasteiger charge is -2.32. The molecule has 152 valence electrons. The molecule has 0 N–H and O–H groups in total. The molecule has 2 heterocycles. The van der Waals surface area contributed by atoms with E-state index >= 15 is 0 Å².